The Bertz CT molecular complexity index is 569. The summed E-state index contributed by atoms with van der Waals surface area (Å²) >= 11 is 1.74. The molecule has 0 saturated carbocycles. The van der Waals surface area contributed by atoms with Gasteiger partial charge in [-0.3, -0.25) is 0 Å². The van der Waals surface area contributed by atoms with Crippen LogP contribution in [0.25, 0.3) is 0 Å². The Morgan fingerprint density at radius 3 is 3.05 bits per heavy atom. The first-order valence-corrected chi connectivity index (χ1v) is 7.49. The van der Waals surface area contributed by atoms with Crippen LogP contribution in [0.15, 0.2) is 29.0 Å². The highest BCUT2D eigenvalue weighted by atomic mass is 32.1. The van der Waals surface area contributed by atoms with Crippen LogP contribution in [0, 0.1) is 0 Å². The fourth-order valence-corrected chi connectivity index (χ4v) is 2.89. The standard InChI is InChI=1S/C15H17NO3S/c1-17-13-6-12(7-14-15(13)19-10-18-14)8-16-4-2-11-3-5-20-9-11/h3,5-7,9,16H,2,4,8,10H2,1H3. The molecule has 1 aromatic carbocycles. The van der Waals surface area contributed by atoms with Gasteiger partial charge in [-0.15, -0.1) is 0 Å². The molecule has 0 saturated heterocycles. The van der Waals surface area contributed by atoms with E-state index in [0.29, 0.717) is 5.75 Å². The Labute approximate surface area is 122 Å². The third-order valence-corrected chi connectivity index (χ3v) is 3.95. The van der Waals surface area contributed by atoms with Crippen LogP contribution < -0.4 is 19.5 Å². The van der Waals surface area contributed by atoms with Gasteiger partial charge >= 0.3 is 0 Å². The van der Waals surface area contributed by atoms with Crippen LogP contribution in [0.3, 0.4) is 0 Å². The molecule has 0 bridgehead atoms. The highest BCUT2D eigenvalue weighted by Crippen LogP contribution is 2.41. The number of fused-ring (bicyclic) bond motifs is 1. The van der Waals surface area contributed by atoms with Crippen LogP contribution >= 0.6 is 11.3 Å². The highest BCUT2D eigenvalue weighted by molar-refractivity contribution is 7.07. The summed E-state index contributed by atoms with van der Waals surface area (Å²) in [6.07, 6.45) is 1.05. The molecule has 0 radical (unpaired) electrons. The number of ether oxygens (including phenoxy) is 3. The van der Waals surface area contributed by atoms with E-state index in [-0.39, 0.29) is 6.79 Å². The van der Waals surface area contributed by atoms with Crippen LogP contribution in [0.1, 0.15) is 11.1 Å². The molecular formula is C15H17NO3S. The van der Waals surface area contributed by atoms with Gasteiger partial charge in [0.15, 0.2) is 11.5 Å². The van der Waals surface area contributed by atoms with Crippen LogP contribution in [0.4, 0.5) is 0 Å². The summed E-state index contributed by atoms with van der Waals surface area (Å²) in [5.74, 6) is 2.20. The van der Waals surface area contributed by atoms with E-state index in [1.165, 1.54) is 5.56 Å². The first-order valence-electron chi connectivity index (χ1n) is 6.55. The summed E-state index contributed by atoms with van der Waals surface area (Å²) in [6, 6.07) is 6.16. The number of nitrogens with one attached hydrogen (secondary N) is 1. The van der Waals surface area contributed by atoms with E-state index in [4.69, 9.17) is 14.2 Å². The van der Waals surface area contributed by atoms with Gasteiger partial charge in [0.05, 0.1) is 7.11 Å². The fourth-order valence-electron chi connectivity index (χ4n) is 2.19. The Morgan fingerprint density at radius 1 is 1.30 bits per heavy atom. The van der Waals surface area contributed by atoms with E-state index in [0.717, 1.165) is 36.6 Å². The van der Waals surface area contributed by atoms with E-state index >= 15 is 0 Å². The zero-order valence-corrected chi connectivity index (χ0v) is 12.2. The predicted octanol–water partition coefficient (Wildman–Crippen LogP) is 2.82. The van der Waals surface area contributed by atoms with Gasteiger partial charge in [-0.05, 0) is 53.1 Å². The van der Waals surface area contributed by atoms with Crippen molar-refractivity contribution in [2.75, 3.05) is 20.4 Å². The maximum absolute atomic E-state index is 5.42. The lowest BCUT2D eigenvalue weighted by Gasteiger charge is -2.09. The molecule has 1 aliphatic heterocycles. The van der Waals surface area contributed by atoms with Gasteiger partial charge in [-0.2, -0.15) is 11.3 Å². The molecule has 3 rings (SSSR count). The molecule has 0 spiro atoms. The molecule has 0 atom stereocenters. The Morgan fingerprint density at radius 2 is 2.25 bits per heavy atom. The summed E-state index contributed by atoms with van der Waals surface area (Å²) in [6.45, 7) is 2.01. The van der Waals surface area contributed by atoms with Crippen LogP contribution in [-0.4, -0.2) is 20.4 Å². The average molecular weight is 291 g/mol. The summed E-state index contributed by atoms with van der Waals surface area (Å²) < 4.78 is 16.1. The Kier molecular flexibility index (Phi) is 4.08. The smallest absolute Gasteiger partial charge is 0.231 e. The number of thiophene rings is 1. The maximum atomic E-state index is 5.42. The van der Waals surface area contributed by atoms with E-state index in [1.807, 2.05) is 12.1 Å². The van der Waals surface area contributed by atoms with Crippen molar-refractivity contribution >= 4 is 11.3 Å². The largest absolute Gasteiger partial charge is 0.493 e. The molecule has 1 N–H and O–H groups in total. The number of hydrogen-bond acceptors (Lipinski definition) is 5. The molecule has 0 fully saturated rings. The van der Waals surface area contributed by atoms with Crippen molar-refractivity contribution in [1.29, 1.82) is 0 Å². The molecule has 4 nitrogen and oxygen atoms in total. The quantitative estimate of drug-likeness (QED) is 0.831. The van der Waals surface area contributed by atoms with E-state index in [2.05, 4.69) is 22.1 Å². The second kappa shape index (κ2) is 6.15. The normalized spacial score (nSPS) is 12.7. The number of hydrogen-bond donors (Lipinski definition) is 1. The first kappa shape index (κ1) is 13.3. The minimum atomic E-state index is 0.265. The fraction of sp³-hybridized carbons (Fsp3) is 0.333. The monoisotopic (exact) mass is 291 g/mol. The third kappa shape index (κ3) is 2.89. The number of rotatable bonds is 6. The molecule has 1 aliphatic rings. The van der Waals surface area contributed by atoms with Crippen molar-refractivity contribution in [3.8, 4) is 17.2 Å². The van der Waals surface area contributed by atoms with Crippen LogP contribution in [-0.2, 0) is 13.0 Å². The third-order valence-electron chi connectivity index (χ3n) is 3.22. The second-order valence-corrected chi connectivity index (χ2v) is 5.37. The lowest BCUT2D eigenvalue weighted by atomic mass is 10.1. The van der Waals surface area contributed by atoms with Crippen molar-refractivity contribution in [1.82, 2.24) is 5.32 Å². The summed E-state index contributed by atoms with van der Waals surface area (Å²) in [5.41, 5.74) is 2.52. The molecule has 2 heterocycles. The first-order chi connectivity index (χ1) is 9.86. The van der Waals surface area contributed by atoms with Crippen molar-refractivity contribution in [3.05, 3.63) is 40.1 Å². The molecular weight excluding hydrogens is 274 g/mol. The molecule has 1 aromatic heterocycles. The van der Waals surface area contributed by atoms with Crippen molar-refractivity contribution in [3.63, 3.8) is 0 Å². The number of methoxy groups -OCH3 is 1. The molecule has 2 aromatic rings. The SMILES string of the molecule is COc1cc(CNCCc2ccsc2)cc2c1OCO2. The minimum absolute atomic E-state index is 0.265. The predicted molar refractivity (Wildman–Crippen MR) is 78.8 cm³/mol. The zero-order chi connectivity index (χ0) is 13.8. The van der Waals surface area contributed by atoms with E-state index in [1.54, 1.807) is 18.4 Å². The lowest BCUT2D eigenvalue weighted by Crippen LogP contribution is -2.16. The second-order valence-electron chi connectivity index (χ2n) is 4.59. The molecule has 5 heteroatoms. The van der Waals surface area contributed by atoms with Gasteiger partial charge in [0, 0.05) is 6.54 Å². The Balaban J connectivity index is 1.57. The molecule has 20 heavy (non-hydrogen) atoms. The maximum Gasteiger partial charge on any atom is 0.231 e. The average Bonchev–Trinajstić information content (AvgIpc) is 3.13. The lowest BCUT2D eigenvalue weighted by molar-refractivity contribution is 0.171. The highest BCUT2D eigenvalue weighted by Gasteiger charge is 2.19. The van der Waals surface area contributed by atoms with Gasteiger partial charge in [-0.25, -0.2) is 0 Å². The molecule has 0 aliphatic carbocycles. The summed E-state index contributed by atoms with van der Waals surface area (Å²) in [7, 11) is 1.64. The van der Waals surface area contributed by atoms with E-state index < -0.39 is 0 Å². The van der Waals surface area contributed by atoms with Gasteiger partial charge in [0.2, 0.25) is 12.5 Å². The van der Waals surface area contributed by atoms with Gasteiger partial charge in [0.1, 0.15) is 0 Å². The van der Waals surface area contributed by atoms with Crippen LogP contribution in [0.2, 0.25) is 0 Å². The van der Waals surface area contributed by atoms with Gasteiger partial charge in [0.25, 0.3) is 0 Å². The summed E-state index contributed by atoms with van der Waals surface area (Å²) in [4.78, 5) is 0. The van der Waals surface area contributed by atoms with Gasteiger partial charge in [-0.1, -0.05) is 0 Å². The van der Waals surface area contributed by atoms with Crippen molar-refractivity contribution in [2.45, 2.75) is 13.0 Å². The summed E-state index contributed by atoms with van der Waals surface area (Å²) in [5, 5.41) is 7.73. The van der Waals surface area contributed by atoms with Crippen molar-refractivity contribution in [2.24, 2.45) is 0 Å². The van der Waals surface area contributed by atoms with E-state index in [9.17, 15) is 0 Å². The topological polar surface area (TPSA) is 39.7 Å². The molecule has 0 amide bonds. The van der Waals surface area contributed by atoms with Gasteiger partial charge < -0.3 is 19.5 Å². The molecule has 0 unspecified atom stereocenters. The zero-order valence-electron chi connectivity index (χ0n) is 11.3. The molecule has 106 valence electrons. The minimum Gasteiger partial charge on any atom is -0.493 e. The Hall–Kier alpha value is -1.72. The number of benzene rings is 1. The van der Waals surface area contributed by atoms with Crippen LogP contribution in [0.5, 0.6) is 17.2 Å². The van der Waals surface area contributed by atoms with Crippen molar-refractivity contribution < 1.29 is 14.2 Å².